The summed E-state index contributed by atoms with van der Waals surface area (Å²) in [4.78, 5) is 39.3. The first kappa shape index (κ1) is 32.0. The van der Waals surface area contributed by atoms with Crippen LogP contribution in [0.5, 0.6) is 5.75 Å². The zero-order valence-electron chi connectivity index (χ0n) is 27.6. The molecular formula is C38H37F2N7O3. The second-order valence-electron chi connectivity index (χ2n) is 13.6. The van der Waals surface area contributed by atoms with Crippen molar-refractivity contribution in [2.45, 2.75) is 69.7 Å². The first-order chi connectivity index (χ1) is 24.2. The smallest absolute Gasteiger partial charge is 0.337 e. The van der Waals surface area contributed by atoms with E-state index in [-0.39, 0.29) is 34.7 Å². The van der Waals surface area contributed by atoms with Crippen LogP contribution in [-0.4, -0.2) is 52.6 Å². The summed E-state index contributed by atoms with van der Waals surface area (Å²) in [6.07, 6.45) is 9.10. The van der Waals surface area contributed by atoms with Gasteiger partial charge in [0, 0.05) is 43.6 Å². The Labute approximate surface area is 286 Å². The molecule has 6 aromatic rings. The average molecular weight is 678 g/mol. The van der Waals surface area contributed by atoms with E-state index >= 15 is 0 Å². The molecule has 12 heteroatoms. The Morgan fingerprint density at radius 1 is 0.940 bits per heavy atom. The molecule has 0 saturated heterocycles. The lowest BCUT2D eigenvalue weighted by Gasteiger charge is -2.30. The van der Waals surface area contributed by atoms with Gasteiger partial charge in [0.15, 0.2) is 5.65 Å². The van der Waals surface area contributed by atoms with Crippen LogP contribution in [0.15, 0.2) is 88.8 Å². The number of aromatic hydroxyl groups is 1. The third kappa shape index (κ3) is 6.20. The van der Waals surface area contributed by atoms with E-state index in [1.165, 1.54) is 21.4 Å². The highest BCUT2D eigenvalue weighted by molar-refractivity contribution is 5.77. The van der Waals surface area contributed by atoms with Gasteiger partial charge in [-0.2, -0.15) is 0 Å². The number of hydrogen-bond donors (Lipinski definition) is 2. The Morgan fingerprint density at radius 2 is 1.76 bits per heavy atom. The normalized spacial score (nSPS) is 18.0. The number of imidazole rings is 1. The highest BCUT2D eigenvalue weighted by Crippen LogP contribution is 2.33. The van der Waals surface area contributed by atoms with Gasteiger partial charge in [-0.3, -0.25) is 14.3 Å². The summed E-state index contributed by atoms with van der Waals surface area (Å²) in [5.41, 5.74) is 3.69. The van der Waals surface area contributed by atoms with Gasteiger partial charge in [0.05, 0.1) is 23.0 Å². The van der Waals surface area contributed by atoms with Crippen molar-refractivity contribution in [1.29, 1.82) is 0 Å². The third-order valence-corrected chi connectivity index (χ3v) is 10.1. The number of phenols is 1. The molecule has 0 atom stereocenters. The summed E-state index contributed by atoms with van der Waals surface area (Å²) in [6, 6.07) is 17.2. The van der Waals surface area contributed by atoms with Crippen molar-refractivity contribution < 1.29 is 13.9 Å². The number of rotatable bonds is 9. The van der Waals surface area contributed by atoms with Crippen LogP contribution in [0.4, 0.5) is 8.78 Å². The minimum Gasteiger partial charge on any atom is -0.508 e. The van der Waals surface area contributed by atoms with Crippen molar-refractivity contribution in [2.24, 2.45) is 0 Å². The largest absolute Gasteiger partial charge is 0.508 e. The fraction of sp³-hybridized carbons (Fsp3) is 0.316. The molecule has 2 aromatic carbocycles. The van der Waals surface area contributed by atoms with Crippen molar-refractivity contribution >= 4 is 16.7 Å². The number of benzene rings is 2. The highest BCUT2D eigenvalue weighted by Gasteiger charge is 2.28. The molecule has 2 saturated carbocycles. The van der Waals surface area contributed by atoms with Crippen molar-refractivity contribution in [1.82, 2.24) is 33.7 Å². The van der Waals surface area contributed by atoms with E-state index in [0.29, 0.717) is 56.1 Å². The first-order valence-electron chi connectivity index (χ1n) is 17.0. The maximum absolute atomic E-state index is 14.6. The van der Waals surface area contributed by atoms with E-state index in [9.17, 15) is 23.5 Å². The molecule has 2 fully saturated rings. The van der Waals surface area contributed by atoms with Crippen molar-refractivity contribution in [3.05, 3.63) is 123 Å². The van der Waals surface area contributed by atoms with Crippen molar-refractivity contribution in [2.75, 3.05) is 7.05 Å². The minimum absolute atomic E-state index is 0.0370. The van der Waals surface area contributed by atoms with Gasteiger partial charge in [-0.25, -0.2) is 28.1 Å². The summed E-state index contributed by atoms with van der Waals surface area (Å²) in [5, 5.41) is 13.9. The summed E-state index contributed by atoms with van der Waals surface area (Å²) >= 11 is 0. The lowest BCUT2D eigenvalue weighted by atomic mass is 9.91. The lowest BCUT2D eigenvalue weighted by molar-refractivity contribution is 0.279. The first-order valence-corrected chi connectivity index (χ1v) is 17.0. The minimum atomic E-state index is -0.656. The predicted octanol–water partition coefficient (Wildman–Crippen LogP) is 5.71. The van der Waals surface area contributed by atoms with Crippen molar-refractivity contribution in [3.8, 4) is 22.6 Å². The van der Waals surface area contributed by atoms with Crippen molar-refractivity contribution in [3.63, 3.8) is 0 Å². The second kappa shape index (κ2) is 12.9. The van der Waals surface area contributed by atoms with Gasteiger partial charge >= 0.3 is 5.69 Å². The number of fused-ring (bicyclic) bond motifs is 2. The molecule has 0 bridgehead atoms. The number of hydrogen-bond acceptors (Lipinski definition) is 7. The van der Waals surface area contributed by atoms with E-state index in [0.717, 1.165) is 47.5 Å². The molecule has 2 N–H and O–H groups in total. The van der Waals surface area contributed by atoms with Gasteiger partial charge < -0.3 is 14.8 Å². The molecule has 0 aliphatic heterocycles. The van der Waals surface area contributed by atoms with Gasteiger partial charge in [0.25, 0.3) is 5.56 Å². The van der Waals surface area contributed by atoms with Crippen LogP contribution >= 0.6 is 0 Å². The van der Waals surface area contributed by atoms with Gasteiger partial charge in [0.1, 0.15) is 23.0 Å². The Kier molecular flexibility index (Phi) is 8.28. The van der Waals surface area contributed by atoms with Crippen LogP contribution in [0.2, 0.25) is 0 Å². The molecule has 10 nitrogen and oxygen atoms in total. The van der Waals surface area contributed by atoms with E-state index in [2.05, 4.69) is 27.2 Å². The van der Waals surface area contributed by atoms with Gasteiger partial charge in [-0.1, -0.05) is 18.2 Å². The van der Waals surface area contributed by atoms with Crippen LogP contribution in [0.3, 0.4) is 0 Å². The molecular weight excluding hydrogens is 640 g/mol. The third-order valence-electron chi connectivity index (χ3n) is 10.1. The Hall–Kier alpha value is -5.20. The predicted molar refractivity (Wildman–Crippen MR) is 186 cm³/mol. The van der Waals surface area contributed by atoms with Gasteiger partial charge in [-0.15, -0.1) is 0 Å². The van der Waals surface area contributed by atoms with Gasteiger partial charge in [0.2, 0.25) is 0 Å². The van der Waals surface area contributed by atoms with E-state index in [1.807, 2.05) is 24.3 Å². The Morgan fingerprint density at radius 3 is 2.56 bits per heavy atom. The topological polar surface area (TPSA) is 110 Å². The summed E-state index contributed by atoms with van der Waals surface area (Å²) in [5.74, 6) is -0.807. The second-order valence-corrected chi connectivity index (χ2v) is 13.6. The number of aromatic nitrogens is 5. The molecule has 50 heavy (non-hydrogen) atoms. The Balaban J connectivity index is 1.09. The number of nitrogens with one attached hydrogen (secondary N) is 1. The lowest BCUT2D eigenvalue weighted by Crippen LogP contribution is -2.44. The van der Waals surface area contributed by atoms with E-state index < -0.39 is 17.1 Å². The quantitative estimate of drug-likeness (QED) is 0.202. The maximum Gasteiger partial charge on any atom is 0.337 e. The maximum atomic E-state index is 14.6. The fourth-order valence-electron chi connectivity index (χ4n) is 7.34. The van der Waals surface area contributed by atoms with Crippen LogP contribution in [-0.2, 0) is 13.1 Å². The SMILES string of the molecule is CN(Cc1cc(O)ccc1-c1cccc(-n2c(=O)n([C@H]3CC[C@@H](NCc4cn5cc(F)ccc5n4)CC3)c(=O)c3cc(F)cnc32)c1)C1CC1. The van der Waals surface area contributed by atoms with E-state index in [1.54, 1.807) is 34.9 Å². The molecule has 0 spiro atoms. The summed E-state index contributed by atoms with van der Waals surface area (Å²) in [6.45, 7) is 1.16. The summed E-state index contributed by atoms with van der Waals surface area (Å²) < 4.78 is 32.5. The molecule has 256 valence electrons. The summed E-state index contributed by atoms with van der Waals surface area (Å²) in [7, 11) is 2.08. The van der Waals surface area contributed by atoms with E-state index in [4.69, 9.17) is 0 Å². The Bertz CT molecular complexity index is 2360. The molecule has 0 unspecified atom stereocenters. The van der Waals surface area contributed by atoms with Crippen LogP contribution in [0.25, 0.3) is 33.5 Å². The van der Waals surface area contributed by atoms with Gasteiger partial charge in [-0.05, 0) is 105 Å². The van der Waals surface area contributed by atoms with Crippen LogP contribution < -0.4 is 16.6 Å². The highest BCUT2D eigenvalue weighted by atomic mass is 19.1. The number of nitrogens with zero attached hydrogens (tertiary/aromatic N) is 6. The van der Waals surface area contributed by atoms with Crippen LogP contribution in [0.1, 0.15) is 55.8 Å². The molecule has 0 amide bonds. The molecule has 8 rings (SSSR count). The zero-order valence-corrected chi connectivity index (χ0v) is 27.6. The number of phenolic OH excluding ortho intramolecular Hbond substituents is 1. The molecule has 2 aliphatic carbocycles. The fourth-order valence-corrected chi connectivity index (χ4v) is 7.34. The zero-order chi connectivity index (χ0) is 34.5. The standard InChI is InChI=1S/C38H37F2N7O3/c1-44(29-10-11-29)20-24-16-32(48)12-13-33(24)23-3-2-4-31(15-23)46-36-34(17-26(40)18-42-36)37(49)47(38(46)50)30-8-6-27(7-9-30)41-19-28-22-45-21-25(39)5-14-35(45)43-28/h2-5,12-18,21-22,27,29-30,41,48H,6-11,19-20H2,1H3/t27-,30+. The molecule has 4 heterocycles. The number of halogens is 2. The molecule has 4 aromatic heterocycles. The average Bonchev–Trinajstić information content (AvgIpc) is 3.89. The van der Waals surface area contributed by atoms with Crippen LogP contribution in [0, 0.1) is 11.6 Å². The number of pyridine rings is 2. The monoisotopic (exact) mass is 677 g/mol. The molecule has 2 aliphatic rings. The molecule has 0 radical (unpaired) electrons.